The van der Waals surface area contributed by atoms with E-state index in [2.05, 4.69) is 50.2 Å². The molecule has 0 unspecified atom stereocenters. The molecule has 0 radical (unpaired) electrons. The highest BCUT2D eigenvalue weighted by Crippen LogP contribution is 2.46. The number of rotatable bonds is 16. The lowest BCUT2D eigenvalue weighted by atomic mass is 9.97. The third kappa shape index (κ3) is 19.8. The van der Waals surface area contributed by atoms with Crippen molar-refractivity contribution in [1.82, 2.24) is 40.6 Å². The lowest BCUT2D eigenvalue weighted by Crippen LogP contribution is -2.31. The van der Waals surface area contributed by atoms with Crippen LogP contribution >= 0.6 is 11.3 Å². The molecular formula is C84H74F13N11O8S. The molecule has 33 heteroatoms. The highest BCUT2D eigenvalue weighted by molar-refractivity contribution is 7.08. The van der Waals surface area contributed by atoms with E-state index in [9.17, 15) is 57.1 Å². The Bertz CT molecular complexity index is 5540. The van der Waals surface area contributed by atoms with Crippen molar-refractivity contribution in [3.05, 3.63) is 208 Å². The Morgan fingerprint density at radius 2 is 0.684 bits per heavy atom. The zero-order valence-corrected chi connectivity index (χ0v) is 64.2. The van der Waals surface area contributed by atoms with Gasteiger partial charge in [0.1, 0.15) is 28.8 Å². The molecular weight excluding hydrogens is 1570 g/mol. The fraction of sp³-hybridized carbons (Fsp3) is 0.286. The topological polar surface area (TPSA) is 202 Å². The van der Waals surface area contributed by atoms with Gasteiger partial charge in [-0.25, -0.2) is 4.39 Å². The van der Waals surface area contributed by atoms with Gasteiger partial charge in [-0.2, -0.15) is 70.8 Å². The molecule has 13 aromatic rings. The number of aromatic nitrogens is 8. The van der Waals surface area contributed by atoms with Gasteiger partial charge < -0.3 is 51.7 Å². The van der Waals surface area contributed by atoms with E-state index in [1.807, 2.05) is 30.5 Å². The van der Waals surface area contributed by atoms with Crippen LogP contribution in [0.2, 0.25) is 0 Å². The van der Waals surface area contributed by atoms with Crippen molar-refractivity contribution in [2.75, 3.05) is 75.3 Å². The van der Waals surface area contributed by atoms with Gasteiger partial charge in [-0.1, -0.05) is 63.1 Å². The van der Waals surface area contributed by atoms with Crippen molar-refractivity contribution < 1.29 is 94.1 Å². The summed E-state index contributed by atoms with van der Waals surface area (Å²) in [5.74, 6) is 1.26. The third-order valence-corrected chi connectivity index (χ3v) is 20.4. The maximum Gasteiger partial charge on any atom is 0.573 e. The summed E-state index contributed by atoms with van der Waals surface area (Å²) in [7, 11) is 4.45. The summed E-state index contributed by atoms with van der Waals surface area (Å²) in [4.78, 5) is 22.9. The molecule has 19 nitrogen and oxygen atoms in total. The maximum atomic E-state index is 13.8. The Labute approximate surface area is 665 Å². The minimum absolute atomic E-state index is 0.00463. The number of anilines is 3. The van der Waals surface area contributed by atoms with Crippen LogP contribution < -0.4 is 33.6 Å². The average molecular weight is 1640 g/mol. The minimum Gasteiger partial charge on any atom is -0.496 e. The first-order valence-electron chi connectivity index (χ1n) is 37.0. The van der Waals surface area contributed by atoms with Gasteiger partial charge in [0.05, 0.1) is 60.3 Å². The second-order valence-corrected chi connectivity index (χ2v) is 28.1. The minimum atomic E-state index is -4.80. The van der Waals surface area contributed by atoms with Gasteiger partial charge in [0.2, 0.25) is 23.3 Å². The van der Waals surface area contributed by atoms with E-state index < -0.39 is 47.4 Å². The lowest BCUT2D eigenvalue weighted by Gasteiger charge is -2.31. The Morgan fingerprint density at radius 1 is 0.333 bits per heavy atom. The molecule has 117 heavy (non-hydrogen) atoms. The van der Waals surface area contributed by atoms with E-state index >= 15 is 0 Å². The van der Waals surface area contributed by atoms with Crippen molar-refractivity contribution >= 4 is 28.4 Å². The van der Waals surface area contributed by atoms with Gasteiger partial charge in [-0.3, -0.25) is 0 Å². The van der Waals surface area contributed by atoms with Gasteiger partial charge >= 0.3 is 24.9 Å². The van der Waals surface area contributed by atoms with Crippen molar-refractivity contribution in [2.24, 2.45) is 0 Å². The first-order valence-corrected chi connectivity index (χ1v) is 37.9. The van der Waals surface area contributed by atoms with Crippen molar-refractivity contribution in [2.45, 2.75) is 96.5 Å². The molecule has 0 atom stereocenters. The van der Waals surface area contributed by atoms with Crippen LogP contribution in [0.1, 0.15) is 85.6 Å². The van der Waals surface area contributed by atoms with Crippen LogP contribution in [0.3, 0.4) is 0 Å². The van der Waals surface area contributed by atoms with Crippen molar-refractivity contribution in [3.8, 4) is 125 Å². The molecule has 8 heterocycles. The van der Waals surface area contributed by atoms with Crippen molar-refractivity contribution in [3.63, 3.8) is 0 Å². The van der Waals surface area contributed by atoms with E-state index in [0.29, 0.717) is 60.1 Å². The highest BCUT2D eigenvalue weighted by atomic mass is 32.1. The van der Waals surface area contributed by atoms with Crippen LogP contribution in [0.5, 0.6) is 23.0 Å². The molecule has 0 amide bonds. The number of halogens is 13. The molecule has 8 aromatic carbocycles. The molecule has 0 aliphatic carbocycles. The Balaban J connectivity index is 0.000000135. The standard InChI is InChI=1S/C21H19F4N3O2.2C21H20F3N3O2.C21H15F3N2O2S/c1-29-18-8-6-14(22)12-15(18)19-26-20(30-27-19)13-5-7-17(16(11-13)21(23,24)25)28-9-3-2-4-10-28;1-28-18-8-4-3-7-15(18)19-25-20(29-26-19)14-9-10-17(16(13-14)21(22,23)24)27-11-5-2-6-12-27;1-14-13-15(9-10-17(14)27-11-5-2-6-12-27)20-25-19(26-29-20)16-7-3-4-8-18(16)28-21(22,23)24;1-12-10-29-11-16(12)14-8-7-13(9-17(14)21(22,23)24)20-25-19(26-28-20)15-5-3-4-6-18(15)27-2/h5-8,11-12H,2-4,9-10H2,1H3;2*3-4,7-10,13H,2,5-6,11-12H2,1H3;3-11H,1-2H3. The molecule has 0 bridgehead atoms. The van der Waals surface area contributed by atoms with Gasteiger partial charge in [0.15, 0.2) is 0 Å². The molecule has 0 N–H and O–H groups in total. The number of nitrogens with zero attached hydrogens (tertiary/aromatic N) is 11. The molecule has 3 aliphatic heterocycles. The van der Waals surface area contributed by atoms with E-state index in [1.165, 1.54) is 118 Å². The van der Waals surface area contributed by atoms with E-state index in [-0.39, 0.29) is 97.4 Å². The predicted molar refractivity (Wildman–Crippen MR) is 413 cm³/mol. The van der Waals surface area contributed by atoms with Crippen LogP contribution in [0.25, 0.3) is 102 Å². The molecule has 0 spiro atoms. The molecule has 5 aromatic heterocycles. The largest absolute Gasteiger partial charge is 0.573 e. The molecule has 3 aliphatic rings. The molecule has 3 fully saturated rings. The lowest BCUT2D eigenvalue weighted by molar-refractivity contribution is -0.274. The number of benzene rings is 8. The summed E-state index contributed by atoms with van der Waals surface area (Å²) in [6, 6.07) is 41.8. The number of ether oxygens (including phenoxy) is 4. The number of piperidine rings is 3. The summed E-state index contributed by atoms with van der Waals surface area (Å²) in [6.45, 7) is 8.33. The fourth-order valence-electron chi connectivity index (χ4n) is 13.9. The summed E-state index contributed by atoms with van der Waals surface area (Å²) in [5.41, 5.74) is 4.76. The van der Waals surface area contributed by atoms with Crippen LogP contribution in [0, 0.1) is 19.7 Å². The molecule has 610 valence electrons. The predicted octanol–water partition coefficient (Wildman–Crippen LogP) is 23.1. The average Bonchev–Trinajstić information content (AvgIpc) is 1.59. The zero-order chi connectivity index (χ0) is 82.8. The highest BCUT2D eigenvalue weighted by Gasteiger charge is 2.40. The smallest absolute Gasteiger partial charge is 0.496 e. The Morgan fingerprint density at radius 3 is 1.07 bits per heavy atom. The van der Waals surface area contributed by atoms with Gasteiger partial charge in [0, 0.05) is 78.6 Å². The fourth-order valence-corrected chi connectivity index (χ4v) is 14.7. The summed E-state index contributed by atoms with van der Waals surface area (Å²) < 4.78 is 216. The van der Waals surface area contributed by atoms with Gasteiger partial charge in [-0.15, -0.1) is 13.2 Å². The Kier molecular flexibility index (Phi) is 25.3. The van der Waals surface area contributed by atoms with Gasteiger partial charge in [-0.05, 0) is 226 Å². The second kappa shape index (κ2) is 35.8. The molecule has 3 saturated heterocycles. The van der Waals surface area contributed by atoms with Crippen LogP contribution in [0.15, 0.2) is 193 Å². The first-order chi connectivity index (χ1) is 56.1. The van der Waals surface area contributed by atoms with Gasteiger partial charge in [0.25, 0.3) is 23.6 Å². The zero-order valence-electron chi connectivity index (χ0n) is 63.4. The third-order valence-electron chi connectivity index (χ3n) is 19.5. The monoisotopic (exact) mass is 1640 g/mol. The summed E-state index contributed by atoms with van der Waals surface area (Å²) >= 11 is 1.37. The Hall–Kier alpha value is -12.3. The van der Waals surface area contributed by atoms with E-state index in [1.54, 1.807) is 88.8 Å². The summed E-state index contributed by atoms with van der Waals surface area (Å²) in [6.07, 6.45) is -9.12. The number of alkyl halides is 12. The number of para-hydroxylation sites is 3. The first kappa shape index (κ1) is 82.7. The number of hydrogen-bond donors (Lipinski definition) is 0. The number of methoxy groups -OCH3 is 3. The second-order valence-electron chi connectivity index (χ2n) is 27.3. The SMILES string of the molecule is COc1ccc(F)cc1-c1noc(-c2ccc(N3CCCCC3)c(C(F)(F)F)c2)n1.COc1ccccc1-c1noc(-c2ccc(-c3cscc3C)c(C(F)(F)F)c2)n1.COc1ccccc1-c1noc(-c2ccc(N3CCCCC3)c(C(F)(F)F)c2)n1.Cc1cc(-c2nc(-c3ccccc3OC(F)(F)F)no2)ccc1N1CCCCC1. The number of thiophene rings is 1. The van der Waals surface area contributed by atoms with Crippen LogP contribution in [-0.4, -0.2) is 108 Å². The van der Waals surface area contributed by atoms with Crippen LogP contribution in [0.4, 0.5) is 74.1 Å². The normalized spacial score (nSPS) is 14.0. The van der Waals surface area contributed by atoms with E-state index in [0.717, 1.165) is 86.5 Å². The summed E-state index contributed by atoms with van der Waals surface area (Å²) in [5, 5.41) is 19.0. The quantitative estimate of drug-likeness (QED) is 0.0825. The van der Waals surface area contributed by atoms with Crippen molar-refractivity contribution in [1.29, 1.82) is 0 Å². The van der Waals surface area contributed by atoms with E-state index in [4.69, 9.17) is 32.3 Å². The number of hydrogen-bond acceptors (Lipinski definition) is 20. The number of aryl methyl sites for hydroxylation is 2. The van der Waals surface area contributed by atoms with Crippen LogP contribution in [-0.2, 0) is 18.5 Å². The molecule has 0 saturated carbocycles. The maximum absolute atomic E-state index is 13.8. The molecule has 16 rings (SSSR count).